The zero-order valence-electron chi connectivity index (χ0n) is 9.87. The maximum absolute atomic E-state index is 11.4. The Morgan fingerprint density at radius 2 is 2.22 bits per heavy atom. The fourth-order valence-electron chi connectivity index (χ4n) is 2.21. The minimum absolute atomic E-state index is 0.570. The van der Waals surface area contributed by atoms with Crippen molar-refractivity contribution in [2.45, 2.75) is 25.3 Å². The number of nitrogens with zero attached hydrogens (tertiary/aromatic N) is 4. The standard InChI is InChI=1S/C12H12N4O2/c1-8-14-15-10(9-3-2-6-13-7-9)16(8)12(4-5-12)11(17)18/h2-3,6-7H,4-5H2,1H3,(H,17,18). The maximum atomic E-state index is 11.4. The van der Waals surface area contributed by atoms with Gasteiger partial charge in [-0.2, -0.15) is 0 Å². The van der Waals surface area contributed by atoms with Crippen LogP contribution in [-0.2, 0) is 10.3 Å². The first kappa shape index (κ1) is 10.9. The Morgan fingerprint density at radius 1 is 1.44 bits per heavy atom. The lowest BCUT2D eigenvalue weighted by Gasteiger charge is -2.15. The number of aryl methyl sites for hydroxylation is 1. The third kappa shape index (κ3) is 1.42. The Balaban J connectivity index is 2.17. The summed E-state index contributed by atoms with van der Waals surface area (Å²) < 4.78 is 1.71. The van der Waals surface area contributed by atoms with Crippen molar-refractivity contribution in [3.63, 3.8) is 0 Å². The number of aromatic nitrogens is 4. The van der Waals surface area contributed by atoms with E-state index in [2.05, 4.69) is 15.2 Å². The molecule has 1 aliphatic rings. The topological polar surface area (TPSA) is 80.9 Å². The first-order valence-corrected chi connectivity index (χ1v) is 5.71. The lowest BCUT2D eigenvalue weighted by atomic mass is 10.2. The summed E-state index contributed by atoms with van der Waals surface area (Å²) in [6, 6.07) is 3.65. The smallest absolute Gasteiger partial charge is 0.330 e. The minimum atomic E-state index is -0.862. The molecule has 6 heteroatoms. The van der Waals surface area contributed by atoms with Crippen LogP contribution >= 0.6 is 0 Å². The summed E-state index contributed by atoms with van der Waals surface area (Å²) >= 11 is 0. The van der Waals surface area contributed by atoms with Gasteiger partial charge in [0, 0.05) is 18.0 Å². The highest BCUT2D eigenvalue weighted by Crippen LogP contribution is 2.46. The predicted octanol–water partition coefficient (Wildman–Crippen LogP) is 1.22. The number of hydrogen-bond donors (Lipinski definition) is 1. The lowest BCUT2D eigenvalue weighted by molar-refractivity contribution is -0.142. The zero-order valence-corrected chi connectivity index (χ0v) is 9.87. The van der Waals surface area contributed by atoms with Crippen molar-refractivity contribution in [2.75, 3.05) is 0 Å². The largest absolute Gasteiger partial charge is 0.479 e. The van der Waals surface area contributed by atoms with Crippen LogP contribution in [-0.4, -0.2) is 30.8 Å². The van der Waals surface area contributed by atoms with Gasteiger partial charge in [0.25, 0.3) is 0 Å². The molecule has 0 aromatic carbocycles. The second kappa shape index (κ2) is 3.63. The molecule has 0 unspecified atom stereocenters. The van der Waals surface area contributed by atoms with Crippen molar-refractivity contribution >= 4 is 5.97 Å². The Bertz CT molecular complexity index is 602. The summed E-state index contributed by atoms with van der Waals surface area (Å²) in [4.78, 5) is 15.5. The van der Waals surface area contributed by atoms with Crippen LogP contribution in [0, 0.1) is 6.92 Å². The average Bonchev–Trinajstić information content (AvgIpc) is 3.09. The number of rotatable bonds is 3. The number of aliphatic carboxylic acids is 1. The van der Waals surface area contributed by atoms with E-state index in [1.54, 1.807) is 30.0 Å². The van der Waals surface area contributed by atoms with Crippen molar-refractivity contribution in [1.29, 1.82) is 0 Å². The summed E-state index contributed by atoms with van der Waals surface area (Å²) in [5.74, 6) is 0.366. The number of carboxylic acids is 1. The SMILES string of the molecule is Cc1nnc(-c2cccnc2)n1C1(C(=O)O)CC1. The van der Waals surface area contributed by atoms with E-state index in [-0.39, 0.29) is 0 Å². The molecule has 1 aliphatic carbocycles. The van der Waals surface area contributed by atoms with E-state index in [4.69, 9.17) is 0 Å². The fourth-order valence-corrected chi connectivity index (χ4v) is 2.21. The van der Waals surface area contributed by atoms with Crippen molar-refractivity contribution in [2.24, 2.45) is 0 Å². The lowest BCUT2D eigenvalue weighted by Crippen LogP contribution is -2.29. The molecule has 0 radical (unpaired) electrons. The maximum Gasteiger partial charge on any atom is 0.330 e. The molecule has 1 saturated carbocycles. The molecule has 0 amide bonds. The molecule has 92 valence electrons. The second-order valence-corrected chi connectivity index (χ2v) is 4.48. The Morgan fingerprint density at radius 3 is 2.78 bits per heavy atom. The van der Waals surface area contributed by atoms with Crippen LogP contribution in [0.2, 0.25) is 0 Å². The van der Waals surface area contributed by atoms with Crippen LogP contribution in [0.4, 0.5) is 0 Å². The zero-order chi connectivity index (χ0) is 12.8. The van der Waals surface area contributed by atoms with Crippen molar-refractivity contribution in [1.82, 2.24) is 19.7 Å². The summed E-state index contributed by atoms with van der Waals surface area (Å²) in [5.41, 5.74) is -0.0794. The van der Waals surface area contributed by atoms with Crippen LogP contribution in [0.1, 0.15) is 18.7 Å². The molecular formula is C12H12N4O2. The van der Waals surface area contributed by atoms with Gasteiger partial charge in [-0.1, -0.05) is 0 Å². The van der Waals surface area contributed by atoms with Gasteiger partial charge in [-0.25, -0.2) is 4.79 Å². The second-order valence-electron chi connectivity index (χ2n) is 4.48. The summed E-state index contributed by atoms with van der Waals surface area (Å²) in [6.45, 7) is 1.77. The van der Waals surface area contributed by atoms with Crippen LogP contribution in [0.3, 0.4) is 0 Å². The van der Waals surface area contributed by atoms with E-state index in [1.165, 1.54) is 0 Å². The molecule has 18 heavy (non-hydrogen) atoms. The highest BCUT2D eigenvalue weighted by atomic mass is 16.4. The third-order valence-corrected chi connectivity index (χ3v) is 3.29. The van der Waals surface area contributed by atoms with Crippen molar-refractivity contribution in [3.05, 3.63) is 30.4 Å². The molecule has 0 bridgehead atoms. The Labute approximate surface area is 103 Å². The van der Waals surface area contributed by atoms with Gasteiger partial charge in [-0.3, -0.25) is 9.55 Å². The quantitative estimate of drug-likeness (QED) is 0.878. The van der Waals surface area contributed by atoms with Gasteiger partial charge in [0.15, 0.2) is 5.82 Å². The Hall–Kier alpha value is -2.24. The van der Waals surface area contributed by atoms with E-state index in [0.717, 1.165) is 5.56 Å². The molecule has 6 nitrogen and oxygen atoms in total. The molecule has 1 N–H and O–H groups in total. The van der Waals surface area contributed by atoms with Gasteiger partial charge < -0.3 is 5.11 Å². The van der Waals surface area contributed by atoms with Crippen LogP contribution in [0.15, 0.2) is 24.5 Å². The van der Waals surface area contributed by atoms with Gasteiger partial charge in [-0.15, -0.1) is 10.2 Å². The first-order chi connectivity index (χ1) is 8.65. The molecule has 0 saturated heterocycles. The summed E-state index contributed by atoms with van der Waals surface area (Å²) in [7, 11) is 0. The number of carbonyl (C=O) groups is 1. The van der Waals surface area contributed by atoms with E-state index in [1.807, 2.05) is 6.07 Å². The van der Waals surface area contributed by atoms with E-state index >= 15 is 0 Å². The van der Waals surface area contributed by atoms with Crippen LogP contribution in [0.25, 0.3) is 11.4 Å². The highest BCUT2D eigenvalue weighted by Gasteiger charge is 2.54. The van der Waals surface area contributed by atoms with E-state index < -0.39 is 11.5 Å². The molecular weight excluding hydrogens is 232 g/mol. The number of pyridine rings is 1. The van der Waals surface area contributed by atoms with E-state index in [0.29, 0.717) is 24.5 Å². The monoisotopic (exact) mass is 244 g/mol. The van der Waals surface area contributed by atoms with Crippen molar-refractivity contribution < 1.29 is 9.90 Å². The first-order valence-electron chi connectivity index (χ1n) is 5.71. The normalized spacial score (nSPS) is 16.5. The predicted molar refractivity (Wildman–Crippen MR) is 62.8 cm³/mol. The average molecular weight is 244 g/mol. The van der Waals surface area contributed by atoms with Crippen LogP contribution in [0.5, 0.6) is 0 Å². The van der Waals surface area contributed by atoms with Gasteiger partial charge in [0.1, 0.15) is 11.4 Å². The molecule has 0 aliphatic heterocycles. The highest BCUT2D eigenvalue weighted by molar-refractivity contribution is 5.81. The van der Waals surface area contributed by atoms with Gasteiger partial charge in [0.05, 0.1) is 0 Å². The van der Waals surface area contributed by atoms with Gasteiger partial charge >= 0.3 is 5.97 Å². The molecule has 2 aromatic rings. The Kier molecular flexibility index (Phi) is 2.19. The molecule has 3 rings (SSSR count). The van der Waals surface area contributed by atoms with E-state index in [9.17, 15) is 9.90 Å². The minimum Gasteiger partial charge on any atom is -0.479 e. The third-order valence-electron chi connectivity index (χ3n) is 3.29. The van der Waals surface area contributed by atoms with Crippen LogP contribution < -0.4 is 0 Å². The number of hydrogen-bond acceptors (Lipinski definition) is 4. The summed E-state index contributed by atoms with van der Waals surface area (Å²) in [5, 5.41) is 17.5. The summed E-state index contributed by atoms with van der Waals surface area (Å²) in [6.07, 6.45) is 4.57. The molecule has 0 spiro atoms. The fraction of sp³-hybridized carbons (Fsp3) is 0.333. The molecule has 2 heterocycles. The van der Waals surface area contributed by atoms with Crippen molar-refractivity contribution in [3.8, 4) is 11.4 Å². The van der Waals surface area contributed by atoms with Gasteiger partial charge in [-0.05, 0) is 31.9 Å². The van der Waals surface area contributed by atoms with Gasteiger partial charge in [0.2, 0.25) is 0 Å². The molecule has 1 fully saturated rings. The molecule has 0 atom stereocenters. The molecule has 2 aromatic heterocycles. The number of carboxylic acid groups (broad SMARTS) is 1.